The number of halogens is 3. The van der Waals surface area contributed by atoms with Crippen LogP contribution in [0.3, 0.4) is 0 Å². The van der Waals surface area contributed by atoms with Crippen LogP contribution in [0.25, 0.3) is 0 Å². The fourth-order valence-corrected chi connectivity index (χ4v) is 1.90. The third-order valence-corrected chi connectivity index (χ3v) is 2.91. The summed E-state index contributed by atoms with van der Waals surface area (Å²) in [6, 6.07) is 13.4. The van der Waals surface area contributed by atoms with Crippen LogP contribution in [0.1, 0.15) is 17.2 Å². The van der Waals surface area contributed by atoms with Crippen molar-refractivity contribution in [3.8, 4) is 0 Å². The van der Waals surface area contributed by atoms with Gasteiger partial charge in [0.25, 0.3) is 0 Å². The predicted octanol–water partition coefficient (Wildman–Crippen LogP) is 3.85. The standard InChI is InChI=1S/C15H14F3NO/c16-15(17,18)12-6-4-5-11(9-12)14(10-20)19-13-7-2-1-3-8-13/h1-9,14,19-20H,10H2. The second-order valence-electron chi connectivity index (χ2n) is 4.37. The largest absolute Gasteiger partial charge is 0.416 e. The van der Waals surface area contributed by atoms with Gasteiger partial charge in [-0.25, -0.2) is 0 Å². The van der Waals surface area contributed by atoms with E-state index in [1.54, 1.807) is 18.2 Å². The van der Waals surface area contributed by atoms with Gasteiger partial charge in [0.1, 0.15) is 0 Å². The third-order valence-electron chi connectivity index (χ3n) is 2.91. The molecular weight excluding hydrogens is 267 g/mol. The molecule has 2 aromatic rings. The molecule has 1 atom stereocenters. The first-order valence-corrected chi connectivity index (χ1v) is 6.10. The third kappa shape index (κ3) is 3.51. The summed E-state index contributed by atoms with van der Waals surface area (Å²) in [5.74, 6) is 0. The fraction of sp³-hybridized carbons (Fsp3) is 0.200. The lowest BCUT2D eigenvalue weighted by molar-refractivity contribution is -0.137. The quantitative estimate of drug-likeness (QED) is 0.892. The molecule has 0 fully saturated rings. The molecule has 0 aliphatic rings. The summed E-state index contributed by atoms with van der Waals surface area (Å²) >= 11 is 0. The van der Waals surface area contributed by atoms with Gasteiger partial charge in [0.15, 0.2) is 0 Å². The first-order valence-electron chi connectivity index (χ1n) is 6.10. The van der Waals surface area contributed by atoms with E-state index in [0.717, 1.165) is 17.8 Å². The number of para-hydroxylation sites is 1. The van der Waals surface area contributed by atoms with E-state index >= 15 is 0 Å². The lowest BCUT2D eigenvalue weighted by atomic mass is 10.0. The molecule has 0 saturated carbocycles. The molecule has 20 heavy (non-hydrogen) atoms. The number of alkyl halides is 3. The number of hydrogen-bond donors (Lipinski definition) is 2. The van der Waals surface area contributed by atoms with Crippen molar-refractivity contribution in [1.82, 2.24) is 0 Å². The van der Waals surface area contributed by atoms with E-state index in [4.69, 9.17) is 0 Å². The lowest BCUT2D eigenvalue weighted by Gasteiger charge is -2.19. The van der Waals surface area contributed by atoms with Gasteiger partial charge in [-0.05, 0) is 29.8 Å². The van der Waals surface area contributed by atoms with Crippen LogP contribution in [0.5, 0.6) is 0 Å². The molecule has 0 amide bonds. The van der Waals surface area contributed by atoms with E-state index in [1.807, 2.05) is 18.2 Å². The van der Waals surface area contributed by atoms with Crippen LogP contribution < -0.4 is 5.32 Å². The number of aliphatic hydroxyl groups is 1. The SMILES string of the molecule is OCC(Nc1ccccc1)c1cccc(C(F)(F)F)c1. The first-order chi connectivity index (χ1) is 9.50. The van der Waals surface area contributed by atoms with Crippen LogP contribution in [-0.2, 0) is 6.18 Å². The molecule has 5 heteroatoms. The average molecular weight is 281 g/mol. The Balaban J connectivity index is 2.24. The molecule has 0 heterocycles. The highest BCUT2D eigenvalue weighted by Crippen LogP contribution is 2.31. The van der Waals surface area contributed by atoms with E-state index < -0.39 is 17.8 Å². The maximum atomic E-state index is 12.7. The Labute approximate surface area is 114 Å². The van der Waals surface area contributed by atoms with Gasteiger partial charge >= 0.3 is 6.18 Å². The molecule has 0 spiro atoms. The number of benzene rings is 2. The summed E-state index contributed by atoms with van der Waals surface area (Å²) in [6.07, 6.45) is -4.39. The Bertz CT molecular complexity index is 555. The van der Waals surface area contributed by atoms with Gasteiger partial charge < -0.3 is 10.4 Å². The molecule has 0 bridgehead atoms. The number of anilines is 1. The van der Waals surface area contributed by atoms with Crippen molar-refractivity contribution in [3.05, 3.63) is 65.7 Å². The normalized spacial score (nSPS) is 13.0. The summed E-state index contributed by atoms with van der Waals surface area (Å²) in [5, 5.41) is 12.4. The van der Waals surface area contributed by atoms with E-state index in [0.29, 0.717) is 5.56 Å². The topological polar surface area (TPSA) is 32.3 Å². The Kier molecular flexibility index (Phi) is 4.29. The highest BCUT2D eigenvalue weighted by atomic mass is 19.4. The second kappa shape index (κ2) is 5.96. The van der Waals surface area contributed by atoms with Gasteiger partial charge in [0.2, 0.25) is 0 Å². The van der Waals surface area contributed by atoms with Gasteiger partial charge in [0, 0.05) is 5.69 Å². The first kappa shape index (κ1) is 14.4. The Morgan fingerprint density at radius 1 is 1.00 bits per heavy atom. The van der Waals surface area contributed by atoms with Crippen molar-refractivity contribution in [1.29, 1.82) is 0 Å². The number of rotatable bonds is 4. The van der Waals surface area contributed by atoms with E-state index in [1.165, 1.54) is 6.07 Å². The minimum atomic E-state index is -4.39. The van der Waals surface area contributed by atoms with Gasteiger partial charge in [-0.15, -0.1) is 0 Å². The number of nitrogens with one attached hydrogen (secondary N) is 1. The molecule has 0 aromatic heterocycles. The van der Waals surface area contributed by atoms with Gasteiger partial charge in [0.05, 0.1) is 18.2 Å². The molecule has 2 aromatic carbocycles. The average Bonchev–Trinajstić information content (AvgIpc) is 2.45. The van der Waals surface area contributed by atoms with Crippen LogP contribution in [0, 0.1) is 0 Å². The van der Waals surface area contributed by atoms with Crippen molar-refractivity contribution < 1.29 is 18.3 Å². The van der Waals surface area contributed by atoms with Crippen molar-refractivity contribution in [3.63, 3.8) is 0 Å². The number of hydrogen-bond acceptors (Lipinski definition) is 2. The molecule has 106 valence electrons. The molecule has 2 N–H and O–H groups in total. The minimum Gasteiger partial charge on any atom is -0.394 e. The van der Waals surface area contributed by atoms with E-state index in [2.05, 4.69) is 5.32 Å². The highest BCUT2D eigenvalue weighted by molar-refractivity contribution is 5.45. The van der Waals surface area contributed by atoms with Crippen LogP contribution in [0.2, 0.25) is 0 Å². The van der Waals surface area contributed by atoms with Crippen molar-refractivity contribution in [2.45, 2.75) is 12.2 Å². The van der Waals surface area contributed by atoms with E-state index in [-0.39, 0.29) is 6.61 Å². The fourth-order valence-electron chi connectivity index (χ4n) is 1.90. The molecular formula is C15H14F3NO. The molecule has 1 unspecified atom stereocenters. The summed E-state index contributed by atoms with van der Waals surface area (Å²) in [5.41, 5.74) is 0.415. The Hall–Kier alpha value is -2.01. The zero-order valence-corrected chi connectivity index (χ0v) is 10.6. The van der Waals surface area contributed by atoms with Gasteiger partial charge in [-0.3, -0.25) is 0 Å². The molecule has 2 nitrogen and oxygen atoms in total. The van der Waals surface area contributed by atoms with Crippen LogP contribution in [0.4, 0.5) is 18.9 Å². The Morgan fingerprint density at radius 3 is 2.30 bits per heavy atom. The minimum absolute atomic E-state index is 0.295. The monoisotopic (exact) mass is 281 g/mol. The molecule has 2 rings (SSSR count). The summed E-state index contributed by atoms with van der Waals surface area (Å²) < 4.78 is 38.0. The summed E-state index contributed by atoms with van der Waals surface area (Å²) in [7, 11) is 0. The lowest BCUT2D eigenvalue weighted by Crippen LogP contribution is -2.16. The van der Waals surface area contributed by atoms with Gasteiger partial charge in [-0.2, -0.15) is 13.2 Å². The van der Waals surface area contributed by atoms with Gasteiger partial charge in [-0.1, -0.05) is 30.3 Å². The zero-order valence-electron chi connectivity index (χ0n) is 10.6. The highest BCUT2D eigenvalue weighted by Gasteiger charge is 2.30. The summed E-state index contributed by atoms with van der Waals surface area (Å²) in [4.78, 5) is 0. The van der Waals surface area contributed by atoms with Crippen LogP contribution in [0.15, 0.2) is 54.6 Å². The van der Waals surface area contributed by atoms with Crippen molar-refractivity contribution >= 4 is 5.69 Å². The van der Waals surface area contributed by atoms with Crippen molar-refractivity contribution in [2.75, 3.05) is 11.9 Å². The maximum Gasteiger partial charge on any atom is 0.416 e. The maximum absolute atomic E-state index is 12.7. The van der Waals surface area contributed by atoms with Crippen LogP contribution >= 0.6 is 0 Å². The van der Waals surface area contributed by atoms with Crippen LogP contribution in [-0.4, -0.2) is 11.7 Å². The number of aliphatic hydroxyl groups excluding tert-OH is 1. The smallest absolute Gasteiger partial charge is 0.394 e. The Morgan fingerprint density at radius 2 is 1.70 bits per heavy atom. The zero-order chi connectivity index (χ0) is 14.6. The predicted molar refractivity (Wildman–Crippen MR) is 71.3 cm³/mol. The van der Waals surface area contributed by atoms with Crippen molar-refractivity contribution in [2.24, 2.45) is 0 Å². The molecule has 0 saturated heterocycles. The molecule has 0 radical (unpaired) electrons. The van der Waals surface area contributed by atoms with E-state index in [9.17, 15) is 18.3 Å². The molecule has 0 aliphatic carbocycles. The second-order valence-corrected chi connectivity index (χ2v) is 4.37. The molecule has 0 aliphatic heterocycles. The summed E-state index contributed by atoms with van der Waals surface area (Å²) in [6.45, 7) is -0.295.